The molecule has 0 unspecified atom stereocenters. The molecular formula is C20H14N4O2Ru. The van der Waals surface area contributed by atoms with E-state index in [0.29, 0.717) is 0 Å². The van der Waals surface area contributed by atoms with Crippen LogP contribution in [-0.4, -0.2) is 19.9 Å². The zero-order chi connectivity index (χ0) is 18.6. The van der Waals surface area contributed by atoms with Crippen LogP contribution in [0.1, 0.15) is 22.8 Å². The van der Waals surface area contributed by atoms with E-state index in [1.807, 2.05) is 48.6 Å². The van der Waals surface area contributed by atoms with Gasteiger partial charge in [-0.25, -0.2) is 9.97 Å². The zero-order valence-corrected chi connectivity index (χ0v) is 15.7. The van der Waals surface area contributed by atoms with Crippen LogP contribution in [0, 0.1) is 0 Å². The van der Waals surface area contributed by atoms with Gasteiger partial charge in [-0.05, 0) is 72.8 Å². The SMILES string of the molecule is C1=Cc2cc3ccc(cc4nc(cc5ccc(cc1n2)[nH]5)C=C4)[nH]3.[O]=[Ru]=[O]. The van der Waals surface area contributed by atoms with Crippen molar-refractivity contribution >= 4 is 46.4 Å². The van der Waals surface area contributed by atoms with Gasteiger partial charge in [0.1, 0.15) is 0 Å². The molecule has 2 aliphatic heterocycles. The first-order chi connectivity index (χ1) is 13.2. The standard InChI is InChI=1S/C20H14N4.2O.Ru/c1-2-14-10-16-5-6-18(23-16)12-20-8-7-19(24-20)11-17-4-3-15(22-17)9-13(1)21-14;;;/h1-12,21,24H;;;. The third-order valence-electron chi connectivity index (χ3n) is 4.04. The molecule has 7 heteroatoms. The summed E-state index contributed by atoms with van der Waals surface area (Å²) in [6.45, 7) is 0. The van der Waals surface area contributed by atoms with Crippen LogP contribution in [-0.2, 0) is 24.2 Å². The van der Waals surface area contributed by atoms with Crippen molar-refractivity contribution in [2.45, 2.75) is 0 Å². The van der Waals surface area contributed by atoms with Crippen LogP contribution in [0.5, 0.6) is 0 Å². The maximum absolute atomic E-state index is 8.46. The summed E-state index contributed by atoms with van der Waals surface area (Å²) in [5.41, 5.74) is 7.86. The Hall–Kier alpha value is -3.18. The van der Waals surface area contributed by atoms with Crippen LogP contribution in [0.15, 0.2) is 48.5 Å². The van der Waals surface area contributed by atoms with Crippen LogP contribution >= 0.6 is 0 Å². The number of nitrogens with one attached hydrogen (secondary N) is 2. The second-order valence-corrected chi connectivity index (χ2v) is 6.25. The van der Waals surface area contributed by atoms with Gasteiger partial charge in [-0.2, -0.15) is 0 Å². The average Bonchev–Trinajstić information content (AvgIpc) is 3.41. The Bertz CT molecular complexity index is 1090. The molecule has 0 saturated heterocycles. The molecule has 134 valence electrons. The van der Waals surface area contributed by atoms with Gasteiger partial charge in [0.25, 0.3) is 0 Å². The predicted octanol–water partition coefficient (Wildman–Crippen LogP) is 4.42. The Balaban J connectivity index is 0.000000565. The Morgan fingerprint density at radius 2 is 0.815 bits per heavy atom. The first-order valence-electron chi connectivity index (χ1n) is 8.14. The van der Waals surface area contributed by atoms with Crippen molar-refractivity contribution in [2.75, 3.05) is 0 Å². The van der Waals surface area contributed by atoms with E-state index in [1.54, 1.807) is 0 Å². The van der Waals surface area contributed by atoms with Gasteiger partial charge in [0.2, 0.25) is 0 Å². The second-order valence-electron chi connectivity index (χ2n) is 5.96. The second kappa shape index (κ2) is 7.60. The maximum atomic E-state index is 8.46. The van der Waals surface area contributed by atoms with Crippen molar-refractivity contribution < 1.29 is 24.2 Å². The molecule has 0 radical (unpaired) electrons. The molecule has 2 N–H and O–H groups in total. The minimum absolute atomic E-state index is 0.939. The summed E-state index contributed by atoms with van der Waals surface area (Å²) in [6.07, 6.45) is 8.09. The normalized spacial score (nSPS) is 11.9. The fourth-order valence-electron chi connectivity index (χ4n) is 2.94. The molecule has 0 aliphatic carbocycles. The van der Waals surface area contributed by atoms with Gasteiger partial charge in [-0.3, -0.25) is 0 Å². The van der Waals surface area contributed by atoms with Crippen LogP contribution in [0.25, 0.3) is 46.4 Å². The molecule has 5 rings (SSSR count). The van der Waals surface area contributed by atoms with Crippen molar-refractivity contribution in [1.29, 1.82) is 0 Å². The fraction of sp³-hybridized carbons (Fsp3) is 0. The number of hydrogen-bond acceptors (Lipinski definition) is 4. The molecule has 0 spiro atoms. The van der Waals surface area contributed by atoms with Crippen molar-refractivity contribution in [3.63, 3.8) is 0 Å². The molecule has 5 heterocycles. The number of aromatic amines is 2. The molecule has 0 saturated carbocycles. The Kier molecular flexibility index (Phi) is 4.85. The first kappa shape index (κ1) is 17.2. The summed E-state index contributed by atoms with van der Waals surface area (Å²) in [7, 11) is 0. The predicted molar refractivity (Wildman–Crippen MR) is 100 cm³/mol. The van der Waals surface area contributed by atoms with Gasteiger partial charge >= 0.3 is 24.2 Å². The molecule has 3 aromatic heterocycles. The quantitative estimate of drug-likeness (QED) is 0.347. The number of rotatable bonds is 0. The topological polar surface area (TPSA) is 91.5 Å². The van der Waals surface area contributed by atoms with Gasteiger partial charge in [-0.1, -0.05) is 0 Å². The Morgan fingerprint density at radius 3 is 1.07 bits per heavy atom. The molecule has 0 fully saturated rings. The summed E-state index contributed by atoms with van der Waals surface area (Å²) < 4.78 is 16.9. The van der Waals surface area contributed by atoms with Crippen molar-refractivity contribution in [3.8, 4) is 0 Å². The van der Waals surface area contributed by atoms with E-state index in [9.17, 15) is 0 Å². The van der Waals surface area contributed by atoms with Gasteiger partial charge < -0.3 is 9.97 Å². The number of fused-ring (bicyclic) bond motifs is 8. The molecule has 0 aromatic carbocycles. The van der Waals surface area contributed by atoms with Gasteiger partial charge in [0, 0.05) is 22.1 Å². The molecular weight excluding hydrogens is 429 g/mol. The van der Waals surface area contributed by atoms with Crippen LogP contribution in [0.4, 0.5) is 0 Å². The molecule has 2 aliphatic rings. The third kappa shape index (κ3) is 4.15. The molecule has 0 atom stereocenters. The summed E-state index contributed by atoms with van der Waals surface area (Å²) in [6, 6.07) is 16.4. The summed E-state index contributed by atoms with van der Waals surface area (Å²) in [5.74, 6) is 0. The van der Waals surface area contributed by atoms with E-state index in [0.717, 1.165) is 44.8 Å². The van der Waals surface area contributed by atoms with E-state index < -0.39 is 17.0 Å². The molecule has 8 bridgehead atoms. The number of H-pyrrole nitrogens is 2. The molecule has 27 heavy (non-hydrogen) atoms. The van der Waals surface area contributed by atoms with Crippen molar-refractivity contribution in [3.05, 3.63) is 71.3 Å². The Labute approximate surface area is 161 Å². The van der Waals surface area contributed by atoms with Crippen molar-refractivity contribution in [1.82, 2.24) is 19.9 Å². The number of aromatic nitrogens is 4. The molecule has 0 amide bonds. The van der Waals surface area contributed by atoms with E-state index >= 15 is 0 Å². The van der Waals surface area contributed by atoms with E-state index in [2.05, 4.69) is 44.2 Å². The first-order valence-corrected chi connectivity index (χ1v) is 9.55. The molecule has 6 nitrogen and oxygen atoms in total. The van der Waals surface area contributed by atoms with Gasteiger partial charge in [0.05, 0.1) is 22.8 Å². The van der Waals surface area contributed by atoms with Gasteiger partial charge in [-0.15, -0.1) is 0 Å². The van der Waals surface area contributed by atoms with Crippen LogP contribution < -0.4 is 0 Å². The van der Waals surface area contributed by atoms with E-state index in [4.69, 9.17) is 7.15 Å². The average molecular weight is 443 g/mol. The minimum atomic E-state index is -1.79. The summed E-state index contributed by atoms with van der Waals surface area (Å²) >= 11 is -1.79. The van der Waals surface area contributed by atoms with E-state index in [-0.39, 0.29) is 0 Å². The Morgan fingerprint density at radius 1 is 0.556 bits per heavy atom. The number of nitrogens with zero attached hydrogens (tertiary/aromatic N) is 2. The summed E-state index contributed by atoms with van der Waals surface area (Å²) in [5, 5.41) is 0. The van der Waals surface area contributed by atoms with E-state index in [1.165, 1.54) is 0 Å². The number of hydrogen-bond donors (Lipinski definition) is 2. The van der Waals surface area contributed by atoms with Crippen molar-refractivity contribution in [2.24, 2.45) is 0 Å². The fourth-order valence-corrected chi connectivity index (χ4v) is 2.94. The zero-order valence-electron chi connectivity index (χ0n) is 14.0. The van der Waals surface area contributed by atoms with Gasteiger partial charge in [0.15, 0.2) is 0 Å². The third-order valence-corrected chi connectivity index (χ3v) is 4.04. The summed E-state index contributed by atoms with van der Waals surface area (Å²) in [4.78, 5) is 16.0. The van der Waals surface area contributed by atoms with Crippen LogP contribution in [0.3, 0.4) is 0 Å². The molecule has 3 aromatic rings. The monoisotopic (exact) mass is 444 g/mol. The van der Waals surface area contributed by atoms with Crippen LogP contribution in [0.2, 0.25) is 0 Å².